The number of rotatable bonds is 6. The lowest BCUT2D eigenvalue weighted by atomic mass is 10.3. The minimum atomic E-state index is -0.283. The summed E-state index contributed by atoms with van der Waals surface area (Å²) in [4.78, 5) is 13.0. The Kier molecular flexibility index (Phi) is 3.69. The van der Waals surface area contributed by atoms with Crippen molar-refractivity contribution in [2.75, 3.05) is 20.1 Å². The van der Waals surface area contributed by atoms with Crippen LogP contribution in [-0.4, -0.2) is 43.0 Å². The molecule has 1 aliphatic carbocycles. The maximum Gasteiger partial charge on any atom is 0.234 e. The molecule has 0 spiro atoms. The zero-order valence-electron chi connectivity index (χ0n) is 8.42. The largest absolute Gasteiger partial charge is 0.368 e. The fourth-order valence-corrected chi connectivity index (χ4v) is 1.26. The molecule has 0 saturated heterocycles. The Balaban J connectivity index is 2.02. The highest BCUT2D eigenvalue weighted by Crippen LogP contribution is 2.24. The highest BCUT2D eigenvalue weighted by Gasteiger charge is 2.25. The quantitative estimate of drug-likeness (QED) is 0.589. The van der Waals surface area contributed by atoms with Gasteiger partial charge in [0.1, 0.15) is 0 Å². The first-order valence-corrected chi connectivity index (χ1v) is 4.84. The molecular formula is C9H19N3O. The van der Waals surface area contributed by atoms with Crippen LogP contribution in [0.1, 0.15) is 19.8 Å². The van der Waals surface area contributed by atoms with Crippen LogP contribution >= 0.6 is 0 Å². The standard InChI is InChI=1S/C9H19N3O/c1-7(9(10)13)11-5-6-12(2)8-3-4-8/h7-8,11H,3-6H2,1-2H3,(H2,10,13). The molecule has 1 rings (SSSR count). The number of hydrogen-bond donors (Lipinski definition) is 2. The summed E-state index contributed by atoms with van der Waals surface area (Å²) in [5.74, 6) is -0.283. The predicted octanol–water partition coefficient (Wildman–Crippen LogP) is -0.456. The van der Waals surface area contributed by atoms with E-state index in [9.17, 15) is 4.79 Å². The molecule has 0 aromatic rings. The van der Waals surface area contributed by atoms with Gasteiger partial charge in [-0.1, -0.05) is 0 Å². The monoisotopic (exact) mass is 185 g/mol. The molecule has 4 nitrogen and oxygen atoms in total. The van der Waals surface area contributed by atoms with Crippen molar-refractivity contribution >= 4 is 5.91 Å². The highest BCUT2D eigenvalue weighted by molar-refractivity contribution is 5.79. The van der Waals surface area contributed by atoms with Crippen LogP contribution in [0.15, 0.2) is 0 Å². The molecule has 1 saturated carbocycles. The Morgan fingerprint density at radius 2 is 2.31 bits per heavy atom. The van der Waals surface area contributed by atoms with Crippen molar-refractivity contribution in [3.05, 3.63) is 0 Å². The topological polar surface area (TPSA) is 58.4 Å². The van der Waals surface area contributed by atoms with Gasteiger partial charge in [-0.05, 0) is 26.8 Å². The molecule has 0 heterocycles. The molecule has 4 heteroatoms. The summed E-state index contributed by atoms with van der Waals surface area (Å²) >= 11 is 0. The molecule has 76 valence electrons. The third-order valence-electron chi connectivity index (χ3n) is 2.51. The Morgan fingerprint density at radius 3 is 2.77 bits per heavy atom. The molecule has 0 aliphatic heterocycles. The average molecular weight is 185 g/mol. The van der Waals surface area contributed by atoms with Crippen LogP contribution < -0.4 is 11.1 Å². The first-order valence-electron chi connectivity index (χ1n) is 4.84. The van der Waals surface area contributed by atoms with Crippen molar-refractivity contribution < 1.29 is 4.79 Å². The van der Waals surface area contributed by atoms with Crippen molar-refractivity contribution in [3.63, 3.8) is 0 Å². The van der Waals surface area contributed by atoms with E-state index < -0.39 is 0 Å². The highest BCUT2D eigenvalue weighted by atomic mass is 16.1. The molecule has 1 fully saturated rings. The minimum Gasteiger partial charge on any atom is -0.368 e. The van der Waals surface area contributed by atoms with Gasteiger partial charge in [-0.15, -0.1) is 0 Å². The van der Waals surface area contributed by atoms with Crippen LogP contribution in [0.3, 0.4) is 0 Å². The lowest BCUT2D eigenvalue weighted by Gasteiger charge is -2.17. The van der Waals surface area contributed by atoms with Crippen LogP contribution in [0.4, 0.5) is 0 Å². The summed E-state index contributed by atoms with van der Waals surface area (Å²) in [5.41, 5.74) is 5.11. The van der Waals surface area contributed by atoms with E-state index in [2.05, 4.69) is 17.3 Å². The van der Waals surface area contributed by atoms with Crippen molar-refractivity contribution in [1.29, 1.82) is 0 Å². The number of primary amides is 1. The SMILES string of the molecule is CC(NCCN(C)C1CC1)C(N)=O. The summed E-state index contributed by atoms with van der Waals surface area (Å²) in [7, 11) is 2.12. The number of carbonyl (C=O) groups excluding carboxylic acids is 1. The smallest absolute Gasteiger partial charge is 0.234 e. The zero-order chi connectivity index (χ0) is 9.84. The van der Waals surface area contributed by atoms with E-state index in [1.165, 1.54) is 12.8 Å². The van der Waals surface area contributed by atoms with Gasteiger partial charge >= 0.3 is 0 Å². The summed E-state index contributed by atoms with van der Waals surface area (Å²) in [6.07, 6.45) is 2.64. The molecule has 0 bridgehead atoms. The van der Waals surface area contributed by atoms with E-state index in [1.54, 1.807) is 6.92 Å². The minimum absolute atomic E-state index is 0.215. The van der Waals surface area contributed by atoms with Crippen LogP contribution in [0.25, 0.3) is 0 Å². The van der Waals surface area contributed by atoms with Gasteiger partial charge in [-0.3, -0.25) is 4.79 Å². The van der Waals surface area contributed by atoms with Crippen LogP contribution in [-0.2, 0) is 4.79 Å². The second-order valence-corrected chi connectivity index (χ2v) is 3.79. The molecule has 1 atom stereocenters. The summed E-state index contributed by atoms with van der Waals surface area (Å²) in [5, 5.41) is 3.08. The maximum absolute atomic E-state index is 10.7. The number of likely N-dealkylation sites (N-methyl/N-ethyl adjacent to an activating group) is 1. The third-order valence-corrected chi connectivity index (χ3v) is 2.51. The summed E-state index contributed by atoms with van der Waals surface area (Å²) in [6.45, 7) is 3.61. The number of nitrogens with one attached hydrogen (secondary N) is 1. The van der Waals surface area contributed by atoms with Crippen molar-refractivity contribution in [1.82, 2.24) is 10.2 Å². The van der Waals surface area contributed by atoms with Crippen molar-refractivity contribution in [2.24, 2.45) is 5.73 Å². The number of nitrogens with zero attached hydrogens (tertiary/aromatic N) is 1. The molecule has 3 N–H and O–H groups in total. The van der Waals surface area contributed by atoms with E-state index in [0.717, 1.165) is 19.1 Å². The average Bonchev–Trinajstić information content (AvgIpc) is 2.85. The normalized spacial score (nSPS) is 19.0. The number of hydrogen-bond acceptors (Lipinski definition) is 3. The lowest BCUT2D eigenvalue weighted by molar-refractivity contribution is -0.119. The van der Waals surface area contributed by atoms with E-state index in [1.807, 2.05) is 0 Å². The Morgan fingerprint density at radius 1 is 1.69 bits per heavy atom. The molecule has 0 aromatic heterocycles. The number of carbonyl (C=O) groups is 1. The molecule has 0 radical (unpaired) electrons. The van der Waals surface area contributed by atoms with E-state index in [4.69, 9.17) is 5.73 Å². The van der Waals surface area contributed by atoms with Crippen LogP contribution in [0.2, 0.25) is 0 Å². The van der Waals surface area contributed by atoms with Crippen molar-refractivity contribution in [2.45, 2.75) is 31.8 Å². The first-order chi connectivity index (χ1) is 6.11. The van der Waals surface area contributed by atoms with Gasteiger partial charge in [0.15, 0.2) is 0 Å². The number of amides is 1. The predicted molar refractivity (Wildman–Crippen MR) is 52.3 cm³/mol. The maximum atomic E-state index is 10.7. The molecule has 1 amide bonds. The second-order valence-electron chi connectivity index (χ2n) is 3.79. The lowest BCUT2D eigenvalue weighted by Crippen LogP contribution is -2.42. The molecule has 1 unspecified atom stereocenters. The molecule has 13 heavy (non-hydrogen) atoms. The number of nitrogens with two attached hydrogens (primary N) is 1. The van der Waals surface area contributed by atoms with Gasteiger partial charge in [0.25, 0.3) is 0 Å². The second kappa shape index (κ2) is 4.58. The van der Waals surface area contributed by atoms with Gasteiger partial charge in [0, 0.05) is 19.1 Å². The van der Waals surface area contributed by atoms with Gasteiger partial charge in [-0.2, -0.15) is 0 Å². The van der Waals surface area contributed by atoms with Crippen molar-refractivity contribution in [3.8, 4) is 0 Å². The fourth-order valence-electron chi connectivity index (χ4n) is 1.26. The van der Waals surface area contributed by atoms with Gasteiger partial charge in [0.05, 0.1) is 6.04 Å². The van der Waals surface area contributed by atoms with Gasteiger partial charge in [0.2, 0.25) is 5.91 Å². The van der Waals surface area contributed by atoms with E-state index >= 15 is 0 Å². The first kappa shape index (κ1) is 10.5. The van der Waals surface area contributed by atoms with E-state index in [0.29, 0.717) is 0 Å². The fraction of sp³-hybridized carbons (Fsp3) is 0.889. The van der Waals surface area contributed by atoms with Crippen LogP contribution in [0, 0.1) is 0 Å². The summed E-state index contributed by atoms with van der Waals surface area (Å²) < 4.78 is 0. The summed E-state index contributed by atoms with van der Waals surface area (Å²) in [6, 6.07) is 0.568. The Labute approximate surface area is 79.5 Å². The van der Waals surface area contributed by atoms with E-state index in [-0.39, 0.29) is 11.9 Å². The zero-order valence-corrected chi connectivity index (χ0v) is 8.42. The van der Waals surface area contributed by atoms with Gasteiger partial charge < -0.3 is 16.0 Å². The molecule has 1 aliphatic rings. The molecule has 0 aromatic carbocycles. The molecular weight excluding hydrogens is 166 g/mol. The van der Waals surface area contributed by atoms with Crippen LogP contribution in [0.5, 0.6) is 0 Å². The van der Waals surface area contributed by atoms with Gasteiger partial charge in [-0.25, -0.2) is 0 Å². The third kappa shape index (κ3) is 3.74. The Bertz CT molecular complexity index is 180. The Hall–Kier alpha value is -0.610.